The first-order chi connectivity index (χ1) is 6.02. The van der Waals surface area contributed by atoms with Crippen LogP contribution in [0.4, 0.5) is 17.1 Å². The molecule has 1 aromatic carbocycles. The van der Waals surface area contributed by atoms with Gasteiger partial charge in [-0.05, 0) is 18.2 Å². The van der Waals surface area contributed by atoms with Gasteiger partial charge in [0.1, 0.15) is 0 Å². The number of amides is 1. The number of hydrogen-bond donors (Lipinski definition) is 2. The summed E-state index contributed by atoms with van der Waals surface area (Å²) in [4.78, 5) is 12.5. The van der Waals surface area contributed by atoms with Crippen molar-refractivity contribution in [1.82, 2.24) is 0 Å². The third-order valence-corrected chi connectivity index (χ3v) is 1.89. The van der Waals surface area contributed by atoms with Gasteiger partial charge in [0.25, 0.3) is 0 Å². The Morgan fingerprint density at radius 1 is 1.38 bits per heavy atom. The van der Waals surface area contributed by atoms with Gasteiger partial charge >= 0.3 is 0 Å². The van der Waals surface area contributed by atoms with Crippen LogP contribution in [0.5, 0.6) is 0 Å². The lowest BCUT2D eigenvalue weighted by Crippen LogP contribution is -2.23. The summed E-state index contributed by atoms with van der Waals surface area (Å²) in [6, 6.07) is 5.06. The summed E-state index contributed by atoms with van der Waals surface area (Å²) in [6.45, 7) is 1.47. The third kappa shape index (κ3) is 1.90. The van der Waals surface area contributed by atoms with Crippen LogP contribution in [-0.4, -0.2) is 13.0 Å². The molecule has 1 aromatic rings. The van der Waals surface area contributed by atoms with Crippen LogP contribution in [-0.2, 0) is 4.79 Å². The van der Waals surface area contributed by atoms with Gasteiger partial charge in [-0.2, -0.15) is 0 Å². The highest BCUT2D eigenvalue weighted by atomic mass is 16.2. The second-order valence-corrected chi connectivity index (χ2v) is 2.90. The van der Waals surface area contributed by atoms with E-state index in [4.69, 9.17) is 11.5 Å². The van der Waals surface area contributed by atoms with E-state index < -0.39 is 0 Å². The second-order valence-electron chi connectivity index (χ2n) is 2.90. The Morgan fingerprint density at radius 3 is 2.54 bits per heavy atom. The summed E-state index contributed by atoms with van der Waals surface area (Å²) in [5.74, 6) is -0.0719. The molecule has 0 spiro atoms. The number of nitrogens with two attached hydrogens (primary N) is 2. The molecule has 4 N–H and O–H groups in total. The quantitative estimate of drug-likeness (QED) is 0.627. The number of rotatable bonds is 1. The van der Waals surface area contributed by atoms with E-state index in [0.29, 0.717) is 17.1 Å². The zero-order valence-electron chi connectivity index (χ0n) is 7.74. The van der Waals surface area contributed by atoms with Gasteiger partial charge in [0.2, 0.25) is 5.91 Å². The minimum atomic E-state index is -0.0719. The van der Waals surface area contributed by atoms with Crippen molar-refractivity contribution in [3.8, 4) is 0 Å². The van der Waals surface area contributed by atoms with Gasteiger partial charge < -0.3 is 16.4 Å². The molecule has 0 atom stereocenters. The highest BCUT2D eigenvalue weighted by Gasteiger charge is 2.08. The number of carbonyl (C=O) groups is 1. The normalized spacial score (nSPS) is 9.69. The maximum absolute atomic E-state index is 11.0. The fourth-order valence-corrected chi connectivity index (χ4v) is 1.02. The SMILES string of the molecule is CC(=O)N(C)c1cc(N)ccc1N. The van der Waals surface area contributed by atoms with Crippen LogP contribution >= 0.6 is 0 Å². The van der Waals surface area contributed by atoms with Gasteiger partial charge in [-0.3, -0.25) is 4.79 Å². The first kappa shape index (κ1) is 9.38. The summed E-state index contributed by atoms with van der Waals surface area (Å²) >= 11 is 0. The fraction of sp³-hybridized carbons (Fsp3) is 0.222. The zero-order chi connectivity index (χ0) is 10.0. The smallest absolute Gasteiger partial charge is 0.223 e. The van der Waals surface area contributed by atoms with Gasteiger partial charge in [0.15, 0.2) is 0 Å². The molecule has 0 fully saturated rings. The Balaban J connectivity index is 3.12. The molecule has 0 aliphatic rings. The van der Waals surface area contributed by atoms with Crippen molar-refractivity contribution in [2.24, 2.45) is 0 Å². The van der Waals surface area contributed by atoms with Crippen molar-refractivity contribution in [2.45, 2.75) is 6.92 Å². The van der Waals surface area contributed by atoms with Crippen LogP contribution in [0.1, 0.15) is 6.92 Å². The molecule has 13 heavy (non-hydrogen) atoms. The molecule has 1 amide bonds. The molecule has 0 saturated carbocycles. The minimum Gasteiger partial charge on any atom is -0.399 e. The molecule has 4 heteroatoms. The van der Waals surface area contributed by atoms with Crippen LogP contribution in [0.15, 0.2) is 18.2 Å². The number of nitrogen functional groups attached to an aromatic ring is 2. The topological polar surface area (TPSA) is 72.3 Å². The molecule has 70 valence electrons. The van der Waals surface area contributed by atoms with Crippen LogP contribution in [0.3, 0.4) is 0 Å². The Hall–Kier alpha value is -1.71. The molecule has 0 unspecified atom stereocenters. The second kappa shape index (κ2) is 3.35. The number of anilines is 3. The number of carbonyl (C=O) groups excluding carboxylic acids is 1. The Labute approximate surface area is 77.1 Å². The Bertz CT molecular complexity index is 336. The summed E-state index contributed by atoms with van der Waals surface area (Å²) in [5, 5.41) is 0. The summed E-state index contributed by atoms with van der Waals surface area (Å²) in [7, 11) is 1.66. The largest absolute Gasteiger partial charge is 0.399 e. The monoisotopic (exact) mass is 179 g/mol. The molecule has 0 bridgehead atoms. The van der Waals surface area contributed by atoms with E-state index in [1.807, 2.05) is 0 Å². The van der Waals surface area contributed by atoms with Crippen LogP contribution in [0, 0.1) is 0 Å². The molecule has 0 aliphatic heterocycles. The van der Waals surface area contributed by atoms with E-state index in [1.54, 1.807) is 25.2 Å². The van der Waals surface area contributed by atoms with Crippen molar-refractivity contribution >= 4 is 23.0 Å². The Morgan fingerprint density at radius 2 is 2.00 bits per heavy atom. The summed E-state index contributed by atoms with van der Waals surface area (Å²) in [5.41, 5.74) is 13.0. The lowest BCUT2D eigenvalue weighted by molar-refractivity contribution is -0.116. The maximum atomic E-state index is 11.0. The lowest BCUT2D eigenvalue weighted by atomic mass is 10.2. The number of nitrogens with zero attached hydrogens (tertiary/aromatic N) is 1. The predicted molar refractivity (Wildman–Crippen MR) is 54.4 cm³/mol. The third-order valence-electron chi connectivity index (χ3n) is 1.89. The molecule has 4 nitrogen and oxygen atoms in total. The van der Waals surface area contributed by atoms with Gasteiger partial charge in [0, 0.05) is 19.7 Å². The lowest BCUT2D eigenvalue weighted by Gasteiger charge is -2.17. The van der Waals surface area contributed by atoms with Crippen molar-refractivity contribution in [3.63, 3.8) is 0 Å². The van der Waals surface area contributed by atoms with Crippen molar-refractivity contribution in [2.75, 3.05) is 23.4 Å². The Kier molecular flexibility index (Phi) is 2.41. The minimum absolute atomic E-state index is 0.0719. The van der Waals surface area contributed by atoms with Gasteiger partial charge in [-0.1, -0.05) is 0 Å². The first-order valence-electron chi connectivity index (χ1n) is 3.91. The van der Waals surface area contributed by atoms with E-state index in [2.05, 4.69) is 0 Å². The molecule has 0 aromatic heterocycles. The van der Waals surface area contributed by atoms with E-state index in [1.165, 1.54) is 11.8 Å². The standard InChI is InChI=1S/C9H13N3O/c1-6(13)12(2)9-5-7(10)3-4-8(9)11/h3-5H,10-11H2,1-2H3. The van der Waals surface area contributed by atoms with E-state index in [-0.39, 0.29) is 5.91 Å². The predicted octanol–water partition coefficient (Wildman–Crippen LogP) is 0.834. The molecule has 0 saturated heterocycles. The molecule has 1 rings (SSSR count). The van der Waals surface area contributed by atoms with Gasteiger partial charge in [-0.25, -0.2) is 0 Å². The highest BCUT2D eigenvalue weighted by Crippen LogP contribution is 2.24. The molecule has 0 aliphatic carbocycles. The van der Waals surface area contributed by atoms with E-state index >= 15 is 0 Å². The fourth-order valence-electron chi connectivity index (χ4n) is 1.02. The van der Waals surface area contributed by atoms with Crippen LogP contribution in [0.2, 0.25) is 0 Å². The number of benzene rings is 1. The van der Waals surface area contributed by atoms with Crippen molar-refractivity contribution in [1.29, 1.82) is 0 Å². The van der Waals surface area contributed by atoms with E-state index in [9.17, 15) is 4.79 Å². The summed E-state index contributed by atoms with van der Waals surface area (Å²) < 4.78 is 0. The van der Waals surface area contributed by atoms with Crippen molar-refractivity contribution < 1.29 is 4.79 Å². The zero-order valence-corrected chi connectivity index (χ0v) is 7.74. The molecule has 0 heterocycles. The average Bonchev–Trinajstić information content (AvgIpc) is 2.08. The van der Waals surface area contributed by atoms with Crippen LogP contribution in [0.25, 0.3) is 0 Å². The first-order valence-corrected chi connectivity index (χ1v) is 3.91. The summed E-state index contributed by atoms with van der Waals surface area (Å²) in [6.07, 6.45) is 0. The van der Waals surface area contributed by atoms with Crippen molar-refractivity contribution in [3.05, 3.63) is 18.2 Å². The van der Waals surface area contributed by atoms with E-state index in [0.717, 1.165) is 0 Å². The highest BCUT2D eigenvalue weighted by molar-refractivity contribution is 5.94. The molecule has 0 radical (unpaired) electrons. The van der Waals surface area contributed by atoms with Crippen LogP contribution < -0.4 is 16.4 Å². The molecular formula is C9H13N3O. The number of hydrogen-bond acceptors (Lipinski definition) is 3. The average molecular weight is 179 g/mol. The molecular weight excluding hydrogens is 166 g/mol. The van der Waals surface area contributed by atoms with Gasteiger partial charge in [0.05, 0.1) is 11.4 Å². The van der Waals surface area contributed by atoms with Gasteiger partial charge in [-0.15, -0.1) is 0 Å². The maximum Gasteiger partial charge on any atom is 0.223 e.